The van der Waals surface area contributed by atoms with Gasteiger partial charge in [-0.2, -0.15) is 5.26 Å². The number of carbonyl (C=O) groups is 1. The summed E-state index contributed by atoms with van der Waals surface area (Å²) in [6.45, 7) is 2.60. The lowest BCUT2D eigenvalue weighted by Gasteiger charge is -2.10. The lowest BCUT2D eigenvalue weighted by atomic mass is 10.2. The Bertz CT molecular complexity index is 455. The maximum atomic E-state index is 10.4. The number of carboxylic acid groups (broad SMARTS) is 1. The molecular weight excluding hydrogens is 248 g/mol. The van der Waals surface area contributed by atoms with Crippen LogP contribution in [-0.2, 0) is 4.79 Å². The Morgan fingerprint density at radius 3 is 2.94 bits per heavy atom. The second kappa shape index (κ2) is 7.62. The molecule has 0 amide bonds. The number of benzene rings is 1. The molecule has 1 aromatic rings. The molecule has 0 aliphatic carbocycles. The van der Waals surface area contributed by atoms with E-state index in [1.807, 2.05) is 25.1 Å². The van der Waals surface area contributed by atoms with E-state index in [1.165, 1.54) is 0 Å². The number of carboxylic acids is 1. The summed E-state index contributed by atoms with van der Waals surface area (Å²) in [5, 5.41) is 20.8. The number of aliphatic carboxylic acids is 1. The Morgan fingerprint density at radius 1 is 1.56 bits per heavy atom. The fraction of sp³-hybridized carbons (Fsp3) is 0.385. The quantitative estimate of drug-likeness (QED) is 0.585. The second-order valence-electron chi connectivity index (χ2n) is 3.65. The van der Waals surface area contributed by atoms with Gasteiger partial charge in [-0.25, -0.2) is 0 Å². The van der Waals surface area contributed by atoms with Gasteiger partial charge in [-0.1, -0.05) is 13.0 Å². The van der Waals surface area contributed by atoms with Gasteiger partial charge in [0.1, 0.15) is 6.07 Å². The van der Waals surface area contributed by atoms with E-state index in [0.29, 0.717) is 18.5 Å². The molecule has 0 heterocycles. The summed E-state index contributed by atoms with van der Waals surface area (Å²) in [5.41, 5.74) is 1.42. The van der Waals surface area contributed by atoms with Gasteiger partial charge in [0, 0.05) is 17.9 Å². The molecule has 0 spiro atoms. The summed E-state index contributed by atoms with van der Waals surface area (Å²) < 4.78 is 0. The van der Waals surface area contributed by atoms with Gasteiger partial charge >= 0.3 is 5.97 Å². The van der Waals surface area contributed by atoms with Gasteiger partial charge < -0.3 is 10.4 Å². The van der Waals surface area contributed by atoms with E-state index in [0.717, 1.165) is 16.3 Å². The lowest BCUT2D eigenvalue weighted by Crippen LogP contribution is -2.06. The smallest absolute Gasteiger partial charge is 0.303 e. The minimum Gasteiger partial charge on any atom is -0.481 e. The van der Waals surface area contributed by atoms with Crippen LogP contribution in [0.5, 0.6) is 0 Å². The van der Waals surface area contributed by atoms with Crippen LogP contribution in [0, 0.1) is 11.3 Å². The first kappa shape index (κ1) is 14.4. The number of hydrogen-bond acceptors (Lipinski definition) is 4. The molecule has 0 saturated carbocycles. The molecule has 0 unspecified atom stereocenters. The van der Waals surface area contributed by atoms with Crippen LogP contribution in [0.1, 0.15) is 25.3 Å². The highest BCUT2D eigenvalue weighted by Crippen LogP contribution is 2.27. The number of thioether (sulfide) groups is 1. The Morgan fingerprint density at radius 2 is 2.33 bits per heavy atom. The zero-order valence-electron chi connectivity index (χ0n) is 10.3. The predicted molar refractivity (Wildman–Crippen MR) is 72.9 cm³/mol. The van der Waals surface area contributed by atoms with Gasteiger partial charge in [0.05, 0.1) is 11.3 Å². The Balaban J connectivity index is 2.67. The van der Waals surface area contributed by atoms with E-state index in [9.17, 15) is 10.1 Å². The van der Waals surface area contributed by atoms with Crippen molar-refractivity contribution in [1.82, 2.24) is 0 Å². The average Bonchev–Trinajstić information content (AvgIpc) is 2.35. The van der Waals surface area contributed by atoms with Crippen molar-refractivity contribution in [2.75, 3.05) is 17.6 Å². The summed E-state index contributed by atoms with van der Waals surface area (Å²) >= 11 is 1.63. The molecule has 1 rings (SSSR count). The molecular formula is C13H16N2O2S. The van der Waals surface area contributed by atoms with Crippen LogP contribution in [0.2, 0.25) is 0 Å². The SMILES string of the molecule is CCSc1cccc(NCCCC(=O)O)c1C#N. The maximum absolute atomic E-state index is 10.4. The molecule has 0 fully saturated rings. The van der Waals surface area contributed by atoms with Crippen molar-refractivity contribution in [1.29, 1.82) is 5.26 Å². The van der Waals surface area contributed by atoms with E-state index in [2.05, 4.69) is 11.4 Å². The molecule has 5 heteroatoms. The first-order valence-corrected chi connectivity index (χ1v) is 6.79. The minimum atomic E-state index is -0.799. The number of hydrogen-bond donors (Lipinski definition) is 2. The van der Waals surface area contributed by atoms with Gasteiger partial charge in [0.15, 0.2) is 0 Å². The van der Waals surface area contributed by atoms with E-state index in [1.54, 1.807) is 11.8 Å². The third-order valence-corrected chi connectivity index (χ3v) is 3.26. The van der Waals surface area contributed by atoms with E-state index >= 15 is 0 Å². The average molecular weight is 264 g/mol. The highest BCUT2D eigenvalue weighted by Gasteiger charge is 2.07. The van der Waals surface area contributed by atoms with E-state index < -0.39 is 5.97 Å². The molecule has 2 N–H and O–H groups in total. The topological polar surface area (TPSA) is 73.1 Å². The molecule has 0 aliphatic heterocycles. The van der Waals surface area contributed by atoms with Gasteiger partial charge in [-0.3, -0.25) is 4.79 Å². The van der Waals surface area contributed by atoms with E-state index in [4.69, 9.17) is 5.11 Å². The maximum Gasteiger partial charge on any atom is 0.303 e. The molecule has 4 nitrogen and oxygen atoms in total. The number of nitrogens with one attached hydrogen (secondary N) is 1. The highest BCUT2D eigenvalue weighted by atomic mass is 32.2. The third kappa shape index (κ3) is 4.30. The summed E-state index contributed by atoms with van der Waals surface area (Å²) in [4.78, 5) is 11.4. The lowest BCUT2D eigenvalue weighted by molar-refractivity contribution is -0.137. The molecule has 0 aliphatic rings. The minimum absolute atomic E-state index is 0.137. The van der Waals surface area contributed by atoms with Gasteiger partial charge in [0.25, 0.3) is 0 Å². The van der Waals surface area contributed by atoms with Crippen molar-refractivity contribution < 1.29 is 9.90 Å². The second-order valence-corrected chi connectivity index (χ2v) is 4.95. The van der Waals surface area contributed by atoms with Gasteiger partial charge in [-0.15, -0.1) is 11.8 Å². The summed E-state index contributed by atoms with van der Waals surface area (Å²) in [7, 11) is 0. The van der Waals surface area contributed by atoms with Crippen molar-refractivity contribution in [3.8, 4) is 6.07 Å². The number of nitrogens with zero attached hydrogens (tertiary/aromatic N) is 1. The predicted octanol–water partition coefficient (Wildman–Crippen LogP) is 2.95. The van der Waals surface area contributed by atoms with Crippen molar-refractivity contribution in [2.45, 2.75) is 24.7 Å². The number of rotatable bonds is 7. The van der Waals surface area contributed by atoms with Crippen LogP contribution in [0.3, 0.4) is 0 Å². The largest absolute Gasteiger partial charge is 0.481 e. The fourth-order valence-electron chi connectivity index (χ4n) is 1.53. The van der Waals surface area contributed by atoms with E-state index in [-0.39, 0.29) is 6.42 Å². The van der Waals surface area contributed by atoms with Crippen LogP contribution < -0.4 is 5.32 Å². The molecule has 0 bridgehead atoms. The first-order chi connectivity index (χ1) is 8.69. The number of nitriles is 1. The third-order valence-electron chi connectivity index (χ3n) is 2.32. The van der Waals surface area contributed by atoms with Crippen LogP contribution >= 0.6 is 11.8 Å². The molecule has 0 atom stereocenters. The van der Waals surface area contributed by atoms with Crippen LogP contribution in [0.25, 0.3) is 0 Å². The molecule has 96 valence electrons. The van der Waals surface area contributed by atoms with Crippen molar-refractivity contribution >= 4 is 23.4 Å². The summed E-state index contributed by atoms with van der Waals surface area (Å²) in [6, 6.07) is 7.87. The van der Waals surface area contributed by atoms with Crippen molar-refractivity contribution in [2.24, 2.45) is 0 Å². The molecule has 18 heavy (non-hydrogen) atoms. The standard InChI is InChI=1S/C13H16N2O2S/c1-2-18-12-6-3-5-11(10(12)9-14)15-8-4-7-13(16)17/h3,5-6,15H,2,4,7-8H2,1H3,(H,16,17). The molecule has 0 saturated heterocycles. The molecule has 0 aromatic heterocycles. The first-order valence-electron chi connectivity index (χ1n) is 5.80. The van der Waals surface area contributed by atoms with Crippen LogP contribution in [0.15, 0.2) is 23.1 Å². The monoisotopic (exact) mass is 264 g/mol. The molecule has 1 aromatic carbocycles. The Hall–Kier alpha value is -1.67. The summed E-state index contributed by atoms with van der Waals surface area (Å²) in [5.74, 6) is 0.115. The van der Waals surface area contributed by atoms with Gasteiger partial charge in [0.2, 0.25) is 0 Å². The zero-order valence-corrected chi connectivity index (χ0v) is 11.1. The zero-order chi connectivity index (χ0) is 13.4. The van der Waals surface area contributed by atoms with Gasteiger partial charge in [-0.05, 0) is 24.3 Å². The normalized spacial score (nSPS) is 9.78. The van der Waals surface area contributed by atoms with Crippen molar-refractivity contribution in [3.05, 3.63) is 23.8 Å². The van der Waals surface area contributed by atoms with Crippen molar-refractivity contribution in [3.63, 3.8) is 0 Å². The van der Waals surface area contributed by atoms with Crippen LogP contribution in [0.4, 0.5) is 5.69 Å². The summed E-state index contributed by atoms with van der Waals surface area (Å²) in [6.07, 6.45) is 0.684. The van der Waals surface area contributed by atoms with Crippen LogP contribution in [-0.4, -0.2) is 23.4 Å². The molecule has 0 radical (unpaired) electrons. The Labute approximate surface area is 111 Å². The fourth-order valence-corrected chi connectivity index (χ4v) is 2.32. The Kier molecular flexibility index (Phi) is 6.09. The number of anilines is 1. The highest BCUT2D eigenvalue weighted by molar-refractivity contribution is 7.99.